The number of hydrogen-bond acceptors (Lipinski definition) is 6. The van der Waals surface area contributed by atoms with Gasteiger partial charge in [0, 0.05) is 0 Å². The summed E-state index contributed by atoms with van der Waals surface area (Å²) in [6, 6.07) is 0. The van der Waals surface area contributed by atoms with E-state index in [0.717, 1.165) is 0 Å². The molecule has 1 aliphatic carbocycles. The minimum absolute atomic E-state index is 0.0900. The maximum atomic E-state index is 11.7. The highest BCUT2D eigenvalue weighted by Gasteiger charge is 2.37. The van der Waals surface area contributed by atoms with Crippen molar-refractivity contribution in [1.29, 1.82) is 0 Å². The van der Waals surface area contributed by atoms with Crippen LogP contribution in [0.4, 0.5) is 0 Å². The second-order valence-corrected chi connectivity index (χ2v) is 3.49. The lowest BCUT2D eigenvalue weighted by Gasteiger charge is -2.21. The van der Waals surface area contributed by atoms with Gasteiger partial charge >= 0.3 is 17.9 Å². The molecule has 0 radical (unpaired) electrons. The van der Waals surface area contributed by atoms with Gasteiger partial charge in [-0.3, -0.25) is 4.79 Å². The number of esters is 3. The van der Waals surface area contributed by atoms with E-state index in [4.69, 9.17) is 0 Å². The molecule has 6 heteroatoms. The summed E-state index contributed by atoms with van der Waals surface area (Å²) in [6.07, 6.45) is 3.40. The van der Waals surface area contributed by atoms with E-state index in [9.17, 15) is 14.4 Å². The predicted molar refractivity (Wildman–Crippen MR) is 60.3 cm³/mol. The summed E-state index contributed by atoms with van der Waals surface area (Å²) >= 11 is 0. The van der Waals surface area contributed by atoms with Crippen LogP contribution in [0.2, 0.25) is 0 Å². The van der Waals surface area contributed by atoms with Crippen LogP contribution in [0.3, 0.4) is 0 Å². The van der Waals surface area contributed by atoms with Crippen LogP contribution in [0, 0.1) is 5.92 Å². The Balaban J connectivity index is 3.15. The molecular formula is C12H14O6. The van der Waals surface area contributed by atoms with Crippen molar-refractivity contribution < 1.29 is 28.6 Å². The van der Waals surface area contributed by atoms with Gasteiger partial charge in [-0.05, 0) is 6.42 Å². The molecule has 6 nitrogen and oxygen atoms in total. The van der Waals surface area contributed by atoms with Crippen LogP contribution >= 0.6 is 0 Å². The fourth-order valence-corrected chi connectivity index (χ4v) is 1.73. The molecule has 0 amide bonds. The topological polar surface area (TPSA) is 78.9 Å². The van der Waals surface area contributed by atoms with Gasteiger partial charge in [-0.2, -0.15) is 0 Å². The van der Waals surface area contributed by atoms with Crippen molar-refractivity contribution in [1.82, 2.24) is 0 Å². The molecule has 0 aromatic rings. The molecule has 0 fully saturated rings. The van der Waals surface area contributed by atoms with E-state index in [1.165, 1.54) is 33.5 Å². The van der Waals surface area contributed by atoms with Gasteiger partial charge in [-0.25, -0.2) is 9.59 Å². The second kappa shape index (κ2) is 6.00. The largest absolute Gasteiger partial charge is 0.468 e. The molecule has 1 rings (SSSR count). The summed E-state index contributed by atoms with van der Waals surface area (Å²) < 4.78 is 13.8. The van der Waals surface area contributed by atoms with E-state index < -0.39 is 23.8 Å². The van der Waals surface area contributed by atoms with Crippen LogP contribution in [0.5, 0.6) is 0 Å². The molecule has 0 unspecified atom stereocenters. The molecule has 0 heterocycles. The number of rotatable bonds is 3. The molecule has 0 aliphatic heterocycles. The van der Waals surface area contributed by atoms with Crippen molar-refractivity contribution in [3.63, 3.8) is 0 Å². The zero-order valence-corrected chi connectivity index (χ0v) is 10.4. The van der Waals surface area contributed by atoms with Crippen LogP contribution in [0.15, 0.2) is 23.3 Å². The molecule has 18 heavy (non-hydrogen) atoms. The standard InChI is InChI=1S/C12H14O6/c1-16-10(13)7-5-4-6-8(11(14)17-2)9(7)12(15)18-3/h5-6,9H,4H2,1-3H3. The molecular weight excluding hydrogens is 240 g/mol. The number of hydrogen-bond donors (Lipinski definition) is 0. The van der Waals surface area contributed by atoms with Crippen LogP contribution in [0.25, 0.3) is 0 Å². The first-order chi connectivity index (χ1) is 8.56. The van der Waals surface area contributed by atoms with E-state index in [-0.39, 0.29) is 11.1 Å². The zero-order valence-electron chi connectivity index (χ0n) is 10.4. The fourth-order valence-electron chi connectivity index (χ4n) is 1.73. The zero-order chi connectivity index (χ0) is 13.7. The van der Waals surface area contributed by atoms with E-state index >= 15 is 0 Å². The molecule has 0 bridgehead atoms. The van der Waals surface area contributed by atoms with Gasteiger partial charge in [0.1, 0.15) is 5.92 Å². The highest BCUT2D eigenvalue weighted by Crippen LogP contribution is 2.29. The summed E-state index contributed by atoms with van der Waals surface area (Å²) in [6.45, 7) is 0. The average Bonchev–Trinajstić information content (AvgIpc) is 2.43. The summed E-state index contributed by atoms with van der Waals surface area (Å²) in [5.41, 5.74) is 0.180. The molecule has 0 atom stereocenters. The number of ether oxygens (including phenoxy) is 3. The molecule has 0 spiro atoms. The molecule has 0 N–H and O–H groups in total. The van der Waals surface area contributed by atoms with Crippen LogP contribution < -0.4 is 0 Å². The third-order valence-electron chi connectivity index (χ3n) is 2.58. The Labute approximate surface area is 104 Å². The van der Waals surface area contributed by atoms with E-state index in [1.807, 2.05) is 0 Å². The first kappa shape index (κ1) is 14.0. The third-order valence-corrected chi connectivity index (χ3v) is 2.58. The maximum Gasteiger partial charge on any atom is 0.334 e. The van der Waals surface area contributed by atoms with Crippen molar-refractivity contribution in [3.05, 3.63) is 23.3 Å². The number of allylic oxidation sites excluding steroid dienone is 2. The number of carbonyl (C=O) groups excluding carboxylic acids is 3. The molecule has 98 valence electrons. The van der Waals surface area contributed by atoms with E-state index in [2.05, 4.69) is 14.2 Å². The Hall–Kier alpha value is -2.11. The van der Waals surface area contributed by atoms with Crippen LogP contribution in [-0.2, 0) is 28.6 Å². The van der Waals surface area contributed by atoms with Crippen molar-refractivity contribution >= 4 is 17.9 Å². The lowest BCUT2D eigenvalue weighted by atomic mass is 9.85. The highest BCUT2D eigenvalue weighted by atomic mass is 16.5. The Kier molecular flexibility index (Phi) is 4.65. The molecule has 0 saturated heterocycles. The molecule has 1 aliphatic rings. The Bertz CT molecular complexity index is 400. The lowest BCUT2D eigenvalue weighted by Crippen LogP contribution is -2.30. The van der Waals surface area contributed by atoms with E-state index in [1.54, 1.807) is 0 Å². The van der Waals surface area contributed by atoms with Gasteiger partial charge in [0.25, 0.3) is 0 Å². The Morgan fingerprint density at radius 1 is 0.944 bits per heavy atom. The van der Waals surface area contributed by atoms with Crippen LogP contribution in [0.1, 0.15) is 6.42 Å². The Morgan fingerprint density at radius 2 is 1.39 bits per heavy atom. The molecule has 0 aromatic heterocycles. The highest BCUT2D eigenvalue weighted by molar-refractivity contribution is 6.04. The Morgan fingerprint density at radius 3 is 1.72 bits per heavy atom. The van der Waals surface area contributed by atoms with Gasteiger partial charge in [0.15, 0.2) is 0 Å². The molecule has 0 saturated carbocycles. The minimum atomic E-state index is -1.09. The quantitative estimate of drug-likeness (QED) is 0.535. The normalized spacial score (nSPS) is 15.3. The summed E-state index contributed by atoms with van der Waals surface area (Å²) in [7, 11) is 3.59. The first-order valence-electron chi connectivity index (χ1n) is 5.21. The van der Waals surface area contributed by atoms with Crippen molar-refractivity contribution in [3.8, 4) is 0 Å². The van der Waals surface area contributed by atoms with Gasteiger partial charge in [-0.15, -0.1) is 0 Å². The second-order valence-electron chi connectivity index (χ2n) is 3.49. The smallest absolute Gasteiger partial charge is 0.334 e. The minimum Gasteiger partial charge on any atom is -0.468 e. The summed E-state index contributed by atoms with van der Waals surface area (Å²) in [5.74, 6) is -3.13. The van der Waals surface area contributed by atoms with E-state index in [0.29, 0.717) is 6.42 Å². The van der Waals surface area contributed by atoms with Gasteiger partial charge in [0.05, 0.1) is 32.5 Å². The number of methoxy groups -OCH3 is 3. The summed E-state index contributed by atoms with van der Waals surface area (Å²) in [4.78, 5) is 34.9. The first-order valence-corrected chi connectivity index (χ1v) is 5.21. The fraction of sp³-hybridized carbons (Fsp3) is 0.417. The maximum absolute atomic E-state index is 11.7. The van der Waals surface area contributed by atoms with Gasteiger partial charge < -0.3 is 14.2 Å². The number of carbonyl (C=O) groups is 3. The molecule has 0 aromatic carbocycles. The van der Waals surface area contributed by atoms with Gasteiger partial charge in [-0.1, -0.05) is 12.2 Å². The van der Waals surface area contributed by atoms with Crippen LogP contribution in [-0.4, -0.2) is 39.2 Å². The SMILES string of the molecule is COC(=O)C1=CCC=C(C(=O)OC)C1C(=O)OC. The third kappa shape index (κ3) is 2.58. The average molecular weight is 254 g/mol. The predicted octanol–water partition coefficient (Wildman–Crippen LogP) is 0.378. The van der Waals surface area contributed by atoms with Gasteiger partial charge in [0.2, 0.25) is 0 Å². The lowest BCUT2D eigenvalue weighted by molar-refractivity contribution is -0.148. The van der Waals surface area contributed by atoms with Crippen molar-refractivity contribution in [2.24, 2.45) is 5.92 Å². The van der Waals surface area contributed by atoms with Crippen molar-refractivity contribution in [2.75, 3.05) is 21.3 Å². The summed E-state index contributed by atoms with van der Waals surface area (Å²) in [5, 5.41) is 0. The monoisotopic (exact) mass is 254 g/mol. The van der Waals surface area contributed by atoms with Crippen molar-refractivity contribution in [2.45, 2.75) is 6.42 Å².